The summed E-state index contributed by atoms with van der Waals surface area (Å²) in [6.45, 7) is 17.8. The molecule has 3 saturated heterocycles. The molecule has 0 saturated carbocycles. The standard InChI is InChI=1S/C38H46N6O5/c1-23-16-30(43(20-23)34(45)48-36(2,3)4)32-39-19-29(42-32)25-10-8-24(9-11-25)26-12-13-27-28(17-26)41-33(40-27)31-18-38(14-15-47-22-38)21-44(31)35(46)49-37(5,6)7/h8-13,17,19,30-31H,1,14-16,18,20-22H2,2-7H3,(H,39,42)(H,40,41)/t30-,31-,38+/m0/s1. The first kappa shape index (κ1) is 32.9. The van der Waals surface area contributed by atoms with Gasteiger partial charge in [0.2, 0.25) is 0 Å². The lowest BCUT2D eigenvalue weighted by Gasteiger charge is -2.28. The van der Waals surface area contributed by atoms with Gasteiger partial charge in [-0.2, -0.15) is 0 Å². The molecule has 11 nitrogen and oxygen atoms in total. The number of rotatable bonds is 4. The molecule has 2 aromatic carbocycles. The third kappa shape index (κ3) is 6.81. The molecular formula is C38H46N6O5. The molecule has 3 aliphatic rings. The Hall–Kier alpha value is -4.64. The van der Waals surface area contributed by atoms with Gasteiger partial charge in [0.15, 0.2) is 0 Å². The van der Waals surface area contributed by atoms with Crippen molar-refractivity contribution in [2.24, 2.45) is 5.41 Å². The molecule has 0 aliphatic carbocycles. The van der Waals surface area contributed by atoms with Gasteiger partial charge in [-0.05, 0) is 89.6 Å². The zero-order valence-electron chi connectivity index (χ0n) is 29.3. The topological polar surface area (TPSA) is 126 Å². The molecule has 4 aromatic rings. The summed E-state index contributed by atoms with van der Waals surface area (Å²) in [5.74, 6) is 1.48. The van der Waals surface area contributed by atoms with Crippen LogP contribution in [0.2, 0.25) is 0 Å². The molecule has 2 N–H and O–H groups in total. The first-order chi connectivity index (χ1) is 23.2. The molecule has 0 unspecified atom stereocenters. The fraction of sp³-hybridized carbons (Fsp3) is 0.474. The molecule has 3 fully saturated rings. The summed E-state index contributed by atoms with van der Waals surface area (Å²) in [5, 5.41) is 0. The Labute approximate surface area is 287 Å². The molecule has 2 aromatic heterocycles. The van der Waals surface area contributed by atoms with Gasteiger partial charge in [0.1, 0.15) is 22.9 Å². The Balaban J connectivity index is 1.09. The lowest BCUT2D eigenvalue weighted by molar-refractivity contribution is 0.0197. The molecule has 2 amide bonds. The number of nitrogens with zero attached hydrogens (tertiary/aromatic N) is 4. The number of likely N-dealkylation sites (tertiary alicyclic amines) is 2. The van der Waals surface area contributed by atoms with E-state index in [4.69, 9.17) is 19.2 Å². The second kappa shape index (κ2) is 12.0. The Bertz CT molecular complexity index is 1890. The monoisotopic (exact) mass is 666 g/mol. The summed E-state index contributed by atoms with van der Waals surface area (Å²) in [7, 11) is 0. The number of carbonyl (C=O) groups excluding carboxylic acids is 2. The number of aromatic nitrogens is 4. The maximum absolute atomic E-state index is 13.3. The Morgan fingerprint density at radius 1 is 0.898 bits per heavy atom. The van der Waals surface area contributed by atoms with Crippen molar-refractivity contribution >= 4 is 23.2 Å². The van der Waals surface area contributed by atoms with E-state index in [9.17, 15) is 9.59 Å². The van der Waals surface area contributed by atoms with Crippen LogP contribution in [0.1, 0.15) is 84.5 Å². The third-order valence-corrected chi connectivity index (χ3v) is 9.46. The van der Waals surface area contributed by atoms with Crippen LogP contribution in [0.5, 0.6) is 0 Å². The van der Waals surface area contributed by atoms with Crippen LogP contribution in [-0.2, 0) is 14.2 Å². The number of H-pyrrole nitrogens is 2. The minimum atomic E-state index is -0.587. The largest absolute Gasteiger partial charge is 0.444 e. The number of imidazole rings is 2. The molecular weight excluding hydrogens is 620 g/mol. The minimum absolute atomic E-state index is 0.0773. The first-order valence-corrected chi connectivity index (χ1v) is 17.0. The molecule has 7 rings (SSSR count). The van der Waals surface area contributed by atoms with Gasteiger partial charge in [-0.1, -0.05) is 42.5 Å². The average Bonchev–Trinajstić information content (AvgIpc) is 3.86. The quantitative estimate of drug-likeness (QED) is 0.212. The van der Waals surface area contributed by atoms with Gasteiger partial charge in [-0.3, -0.25) is 9.80 Å². The van der Waals surface area contributed by atoms with Crippen molar-refractivity contribution in [3.05, 3.63) is 72.5 Å². The van der Waals surface area contributed by atoms with Gasteiger partial charge in [-0.25, -0.2) is 19.6 Å². The van der Waals surface area contributed by atoms with Crippen molar-refractivity contribution in [1.29, 1.82) is 0 Å². The van der Waals surface area contributed by atoms with Crippen molar-refractivity contribution in [2.75, 3.05) is 26.3 Å². The van der Waals surface area contributed by atoms with Crippen LogP contribution in [0, 0.1) is 5.41 Å². The van der Waals surface area contributed by atoms with E-state index in [2.05, 4.69) is 57.9 Å². The van der Waals surface area contributed by atoms with Crippen molar-refractivity contribution < 1.29 is 23.8 Å². The molecule has 0 bridgehead atoms. The van der Waals surface area contributed by atoms with Crippen LogP contribution in [0.25, 0.3) is 33.4 Å². The third-order valence-electron chi connectivity index (χ3n) is 9.46. The number of benzene rings is 2. The highest BCUT2D eigenvalue weighted by Gasteiger charge is 2.50. The molecule has 258 valence electrons. The highest BCUT2D eigenvalue weighted by molar-refractivity contribution is 5.83. The van der Waals surface area contributed by atoms with Gasteiger partial charge >= 0.3 is 12.2 Å². The van der Waals surface area contributed by atoms with Gasteiger partial charge < -0.3 is 24.2 Å². The molecule has 3 aliphatic heterocycles. The number of hydrogen-bond acceptors (Lipinski definition) is 7. The number of hydrogen-bond donors (Lipinski definition) is 2. The van der Waals surface area contributed by atoms with E-state index < -0.39 is 11.2 Å². The number of aromatic amines is 2. The van der Waals surface area contributed by atoms with Crippen molar-refractivity contribution in [3.63, 3.8) is 0 Å². The van der Waals surface area contributed by atoms with Crippen LogP contribution in [0.15, 0.2) is 60.8 Å². The smallest absolute Gasteiger partial charge is 0.411 e. The molecule has 49 heavy (non-hydrogen) atoms. The maximum Gasteiger partial charge on any atom is 0.411 e. The number of amides is 2. The van der Waals surface area contributed by atoms with Gasteiger partial charge in [0.25, 0.3) is 0 Å². The zero-order valence-corrected chi connectivity index (χ0v) is 29.3. The van der Waals surface area contributed by atoms with Crippen LogP contribution in [0.3, 0.4) is 0 Å². The van der Waals surface area contributed by atoms with Crippen LogP contribution in [0.4, 0.5) is 9.59 Å². The van der Waals surface area contributed by atoms with Crippen LogP contribution in [-0.4, -0.2) is 79.4 Å². The number of nitrogens with one attached hydrogen (secondary N) is 2. The number of ether oxygens (including phenoxy) is 3. The SMILES string of the molecule is C=C1C[C@@H](c2ncc(-c3ccc(-c4ccc5nc([C@@H]6C[C@]7(CCOC7)CN6C(=O)OC(C)(C)C)[nH]c5c4)cc3)[nH]2)N(C(=O)OC(C)(C)C)C1. The molecule has 0 radical (unpaired) electrons. The second-order valence-corrected chi connectivity index (χ2v) is 15.8. The Morgan fingerprint density at radius 3 is 2.24 bits per heavy atom. The van der Waals surface area contributed by atoms with E-state index in [1.807, 2.05) is 58.7 Å². The van der Waals surface area contributed by atoms with Crippen molar-refractivity contribution in [1.82, 2.24) is 29.7 Å². The van der Waals surface area contributed by atoms with E-state index in [-0.39, 0.29) is 29.7 Å². The van der Waals surface area contributed by atoms with E-state index in [0.29, 0.717) is 38.5 Å². The molecule has 5 heterocycles. The van der Waals surface area contributed by atoms with Crippen molar-refractivity contribution in [2.45, 2.75) is 84.1 Å². The predicted molar refractivity (Wildman–Crippen MR) is 187 cm³/mol. The van der Waals surface area contributed by atoms with Gasteiger partial charge in [-0.15, -0.1) is 0 Å². The second-order valence-electron chi connectivity index (χ2n) is 15.8. The average molecular weight is 667 g/mol. The number of carbonyl (C=O) groups is 2. The van der Waals surface area contributed by atoms with E-state index in [1.165, 1.54) is 0 Å². The fourth-order valence-electron chi connectivity index (χ4n) is 7.17. The lowest BCUT2D eigenvalue weighted by atomic mass is 9.85. The molecule has 11 heteroatoms. The molecule has 3 atom stereocenters. The van der Waals surface area contributed by atoms with Crippen LogP contribution < -0.4 is 0 Å². The zero-order chi connectivity index (χ0) is 34.7. The summed E-state index contributed by atoms with van der Waals surface area (Å²) in [5.41, 5.74) is 5.45. The highest BCUT2D eigenvalue weighted by atomic mass is 16.6. The van der Waals surface area contributed by atoms with Crippen molar-refractivity contribution in [3.8, 4) is 22.4 Å². The lowest BCUT2D eigenvalue weighted by Crippen LogP contribution is -2.38. The minimum Gasteiger partial charge on any atom is -0.444 e. The Morgan fingerprint density at radius 2 is 1.57 bits per heavy atom. The van der Waals surface area contributed by atoms with Crippen LogP contribution >= 0.6 is 0 Å². The normalized spacial score (nSPS) is 22.9. The fourth-order valence-corrected chi connectivity index (χ4v) is 7.17. The van der Waals surface area contributed by atoms with Gasteiger partial charge in [0.05, 0.1) is 41.6 Å². The van der Waals surface area contributed by atoms with E-state index >= 15 is 0 Å². The number of fused-ring (bicyclic) bond motifs is 1. The van der Waals surface area contributed by atoms with E-state index in [1.54, 1.807) is 4.90 Å². The predicted octanol–water partition coefficient (Wildman–Crippen LogP) is 7.95. The van der Waals surface area contributed by atoms with E-state index in [0.717, 1.165) is 57.7 Å². The summed E-state index contributed by atoms with van der Waals surface area (Å²) in [6, 6.07) is 14.0. The van der Waals surface area contributed by atoms with Gasteiger partial charge in [0, 0.05) is 25.1 Å². The summed E-state index contributed by atoms with van der Waals surface area (Å²) in [4.78, 5) is 46.3. The Kier molecular flexibility index (Phi) is 8.09. The maximum atomic E-state index is 13.3. The summed E-state index contributed by atoms with van der Waals surface area (Å²) < 4.78 is 17.2. The molecule has 1 spiro atoms. The first-order valence-electron chi connectivity index (χ1n) is 17.0. The highest BCUT2D eigenvalue weighted by Crippen LogP contribution is 2.48. The summed E-state index contributed by atoms with van der Waals surface area (Å²) >= 11 is 0. The summed E-state index contributed by atoms with van der Waals surface area (Å²) in [6.07, 6.45) is 3.46.